The van der Waals surface area contributed by atoms with Crippen LogP contribution in [0.25, 0.3) is 10.8 Å². The van der Waals surface area contributed by atoms with Crippen molar-refractivity contribution in [3.8, 4) is 0 Å². The second kappa shape index (κ2) is 4.74. The van der Waals surface area contributed by atoms with Crippen LogP contribution in [-0.2, 0) is 0 Å². The standard InChI is InChI=1S/C15H14N4/c1-10-18-7-6-14(19-10)15(16)13-9-17-8-11-4-2-3-5-12(11)13/h2-9,15H,16H2,1H3. The van der Waals surface area contributed by atoms with Crippen LogP contribution in [0.4, 0.5) is 0 Å². The molecule has 0 saturated heterocycles. The Balaban J connectivity index is 2.14. The van der Waals surface area contributed by atoms with Gasteiger partial charge in [-0.05, 0) is 18.4 Å². The Labute approximate surface area is 111 Å². The third kappa shape index (κ3) is 2.18. The molecule has 0 aliphatic heterocycles. The summed E-state index contributed by atoms with van der Waals surface area (Å²) in [5.41, 5.74) is 8.11. The molecule has 2 heterocycles. The van der Waals surface area contributed by atoms with E-state index in [9.17, 15) is 0 Å². The molecule has 0 radical (unpaired) electrons. The Bertz CT molecular complexity index is 719. The van der Waals surface area contributed by atoms with Gasteiger partial charge in [0.05, 0.1) is 11.7 Å². The Morgan fingerprint density at radius 3 is 2.79 bits per heavy atom. The van der Waals surface area contributed by atoms with Gasteiger partial charge in [0, 0.05) is 29.5 Å². The van der Waals surface area contributed by atoms with Gasteiger partial charge < -0.3 is 5.73 Å². The quantitative estimate of drug-likeness (QED) is 0.758. The molecule has 2 N–H and O–H groups in total. The highest BCUT2D eigenvalue weighted by molar-refractivity contribution is 5.85. The lowest BCUT2D eigenvalue weighted by Crippen LogP contribution is -2.15. The monoisotopic (exact) mass is 250 g/mol. The van der Waals surface area contributed by atoms with E-state index in [0.717, 1.165) is 27.9 Å². The van der Waals surface area contributed by atoms with Crippen LogP contribution in [0.3, 0.4) is 0 Å². The minimum Gasteiger partial charge on any atom is -0.319 e. The molecule has 0 aliphatic rings. The Morgan fingerprint density at radius 2 is 1.95 bits per heavy atom. The van der Waals surface area contributed by atoms with Crippen LogP contribution >= 0.6 is 0 Å². The summed E-state index contributed by atoms with van der Waals surface area (Å²) < 4.78 is 0. The van der Waals surface area contributed by atoms with Crippen molar-refractivity contribution in [2.24, 2.45) is 5.73 Å². The number of nitrogens with two attached hydrogens (primary N) is 1. The molecule has 0 spiro atoms. The number of nitrogens with zero attached hydrogens (tertiary/aromatic N) is 3. The summed E-state index contributed by atoms with van der Waals surface area (Å²) in [6.07, 6.45) is 5.39. The molecule has 0 saturated carbocycles. The summed E-state index contributed by atoms with van der Waals surface area (Å²) in [6.45, 7) is 1.86. The van der Waals surface area contributed by atoms with Crippen molar-refractivity contribution in [1.82, 2.24) is 15.0 Å². The number of rotatable bonds is 2. The van der Waals surface area contributed by atoms with Crippen LogP contribution in [0.2, 0.25) is 0 Å². The summed E-state index contributed by atoms with van der Waals surface area (Å²) in [5, 5.41) is 2.20. The molecule has 4 heteroatoms. The first-order chi connectivity index (χ1) is 9.25. The molecule has 3 aromatic rings. The van der Waals surface area contributed by atoms with Crippen molar-refractivity contribution < 1.29 is 0 Å². The topological polar surface area (TPSA) is 64.7 Å². The van der Waals surface area contributed by atoms with Crippen molar-refractivity contribution in [3.63, 3.8) is 0 Å². The van der Waals surface area contributed by atoms with Crippen LogP contribution in [0, 0.1) is 6.92 Å². The highest BCUT2D eigenvalue weighted by Crippen LogP contribution is 2.25. The van der Waals surface area contributed by atoms with Crippen molar-refractivity contribution in [3.05, 3.63) is 66.0 Å². The molecule has 0 fully saturated rings. The van der Waals surface area contributed by atoms with Gasteiger partial charge in [-0.1, -0.05) is 24.3 Å². The first-order valence-electron chi connectivity index (χ1n) is 6.13. The zero-order chi connectivity index (χ0) is 13.2. The van der Waals surface area contributed by atoms with Crippen molar-refractivity contribution in [2.45, 2.75) is 13.0 Å². The van der Waals surface area contributed by atoms with Crippen LogP contribution < -0.4 is 5.73 Å². The largest absolute Gasteiger partial charge is 0.319 e. The summed E-state index contributed by atoms with van der Waals surface area (Å²) in [5.74, 6) is 0.723. The Hall–Kier alpha value is -2.33. The van der Waals surface area contributed by atoms with E-state index < -0.39 is 0 Å². The highest BCUT2D eigenvalue weighted by atomic mass is 14.9. The Morgan fingerprint density at radius 1 is 1.11 bits per heavy atom. The molecular weight excluding hydrogens is 236 g/mol. The van der Waals surface area contributed by atoms with E-state index in [-0.39, 0.29) is 6.04 Å². The van der Waals surface area contributed by atoms with Gasteiger partial charge in [-0.25, -0.2) is 9.97 Å². The van der Waals surface area contributed by atoms with Gasteiger partial charge in [0.2, 0.25) is 0 Å². The third-order valence-electron chi connectivity index (χ3n) is 3.15. The van der Waals surface area contributed by atoms with Crippen molar-refractivity contribution in [2.75, 3.05) is 0 Å². The lowest BCUT2D eigenvalue weighted by atomic mass is 10.00. The van der Waals surface area contributed by atoms with Gasteiger partial charge in [0.1, 0.15) is 5.82 Å². The van der Waals surface area contributed by atoms with Gasteiger partial charge in [-0.15, -0.1) is 0 Å². The molecule has 0 amide bonds. The summed E-state index contributed by atoms with van der Waals surface area (Å²) >= 11 is 0. The minimum atomic E-state index is -0.291. The second-order valence-electron chi connectivity index (χ2n) is 4.46. The number of benzene rings is 1. The average molecular weight is 250 g/mol. The Kier molecular flexibility index (Phi) is 2.93. The number of pyridine rings is 1. The van der Waals surface area contributed by atoms with Crippen LogP contribution in [-0.4, -0.2) is 15.0 Å². The molecule has 1 aromatic carbocycles. The molecule has 2 aromatic heterocycles. The SMILES string of the molecule is Cc1nccc(C(N)c2cncc3ccccc23)n1. The van der Waals surface area contributed by atoms with E-state index >= 15 is 0 Å². The first-order valence-corrected chi connectivity index (χ1v) is 6.13. The minimum absolute atomic E-state index is 0.291. The zero-order valence-electron chi connectivity index (χ0n) is 10.6. The molecule has 19 heavy (non-hydrogen) atoms. The van der Waals surface area contributed by atoms with Crippen LogP contribution in [0.5, 0.6) is 0 Å². The van der Waals surface area contributed by atoms with Crippen molar-refractivity contribution in [1.29, 1.82) is 0 Å². The predicted molar refractivity (Wildman–Crippen MR) is 74.5 cm³/mol. The van der Waals surface area contributed by atoms with Gasteiger partial charge in [0.25, 0.3) is 0 Å². The molecular formula is C15H14N4. The molecule has 0 bridgehead atoms. The second-order valence-corrected chi connectivity index (χ2v) is 4.46. The van der Waals surface area contributed by atoms with Crippen LogP contribution in [0.15, 0.2) is 48.9 Å². The molecule has 1 atom stereocenters. The van der Waals surface area contributed by atoms with Gasteiger partial charge in [0.15, 0.2) is 0 Å². The first kappa shape index (κ1) is 11.7. The number of fused-ring (bicyclic) bond motifs is 1. The smallest absolute Gasteiger partial charge is 0.125 e. The fraction of sp³-hybridized carbons (Fsp3) is 0.133. The maximum absolute atomic E-state index is 6.32. The van der Waals surface area contributed by atoms with E-state index in [1.807, 2.05) is 43.6 Å². The fourth-order valence-corrected chi connectivity index (χ4v) is 2.19. The van der Waals surface area contributed by atoms with E-state index in [4.69, 9.17) is 5.73 Å². The molecule has 3 rings (SSSR count). The molecule has 4 nitrogen and oxygen atoms in total. The fourth-order valence-electron chi connectivity index (χ4n) is 2.19. The average Bonchev–Trinajstić information content (AvgIpc) is 2.46. The predicted octanol–water partition coefficient (Wildman–Crippen LogP) is 2.38. The zero-order valence-corrected chi connectivity index (χ0v) is 10.6. The van der Waals surface area contributed by atoms with Crippen LogP contribution in [0.1, 0.15) is 23.1 Å². The highest BCUT2D eigenvalue weighted by Gasteiger charge is 2.14. The van der Waals surface area contributed by atoms with E-state index in [2.05, 4.69) is 21.0 Å². The van der Waals surface area contributed by atoms with Gasteiger partial charge in [-0.2, -0.15) is 0 Å². The van der Waals surface area contributed by atoms with E-state index in [1.165, 1.54) is 0 Å². The number of aromatic nitrogens is 3. The maximum atomic E-state index is 6.32. The van der Waals surface area contributed by atoms with E-state index in [0.29, 0.717) is 0 Å². The van der Waals surface area contributed by atoms with Gasteiger partial charge >= 0.3 is 0 Å². The third-order valence-corrected chi connectivity index (χ3v) is 3.15. The van der Waals surface area contributed by atoms with E-state index in [1.54, 1.807) is 6.20 Å². The molecule has 0 aliphatic carbocycles. The maximum Gasteiger partial charge on any atom is 0.125 e. The number of hydrogen-bond donors (Lipinski definition) is 1. The summed E-state index contributed by atoms with van der Waals surface area (Å²) in [7, 11) is 0. The molecule has 94 valence electrons. The van der Waals surface area contributed by atoms with Crippen molar-refractivity contribution >= 4 is 10.8 Å². The lowest BCUT2D eigenvalue weighted by Gasteiger charge is -2.13. The lowest BCUT2D eigenvalue weighted by molar-refractivity contribution is 0.809. The number of aryl methyl sites for hydroxylation is 1. The summed E-state index contributed by atoms with van der Waals surface area (Å²) in [6, 6.07) is 9.64. The number of hydrogen-bond acceptors (Lipinski definition) is 4. The van der Waals surface area contributed by atoms with Gasteiger partial charge in [-0.3, -0.25) is 4.98 Å². The normalized spacial score (nSPS) is 12.5. The summed E-state index contributed by atoms with van der Waals surface area (Å²) in [4.78, 5) is 12.7. The molecule has 1 unspecified atom stereocenters.